The molecule has 3 heterocycles. The topological polar surface area (TPSA) is 79.6 Å². The minimum Gasteiger partial charge on any atom is -0.324 e. The smallest absolute Gasteiger partial charge is 0.324 e. The lowest BCUT2D eigenvalue weighted by Gasteiger charge is -2.32. The number of allylic oxidation sites excluding steroid dienone is 1. The van der Waals surface area contributed by atoms with Crippen molar-refractivity contribution in [2.75, 3.05) is 11.4 Å². The van der Waals surface area contributed by atoms with Crippen LogP contribution in [0.25, 0.3) is 0 Å². The molecule has 32 heavy (non-hydrogen) atoms. The number of amides is 2. The Morgan fingerprint density at radius 2 is 1.88 bits per heavy atom. The fourth-order valence-corrected chi connectivity index (χ4v) is 3.65. The molecule has 1 aromatic carbocycles. The van der Waals surface area contributed by atoms with Gasteiger partial charge < -0.3 is 10.2 Å². The van der Waals surface area contributed by atoms with Crippen LogP contribution >= 0.6 is 0 Å². The number of nitrogens with zero attached hydrogens (tertiary/aromatic N) is 4. The number of benzene rings is 1. The first-order valence-corrected chi connectivity index (χ1v) is 9.83. The van der Waals surface area contributed by atoms with Gasteiger partial charge in [-0.25, -0.2) is 4.39 Å². The molecule has 0 fully saturated rings. The summed E-state index contributed by atoms with van der Waals surface area (Å²) in [6.45, 7) is 3.53. The largest absolute Gasteiger partial charge is 0.416 e. The van der Waals surface area contributed by atoms with E-state index in [9.17, 15) is 27.2 Å². The summed E-state index contributed by atoms with van der Waals surface area (Å²) in [5.41, 5.74) is -0.303. The summed E-state index contributed by atoms with van der Waals surface area (Å²) in [6.07, 6.45) is -2.12. The second kappa shape index (κ2) is 7.88. The van der Waals surface area contributed by atoms with Crippen molar-refractivity contribution in [1.29, 1.82) is 0 Å². The molecule has 0 saturated carbocycles. The van der Waals surface area contributed by atoms with Gasteiger partial charge in [-0.1, -0.05) is 6.92 Å². The van der Waals surface area contributed by atoms with Gasteiger partial charge in [-0.2, -0.15) is 18.3 Å². The molecule has 4 rings (SSSR count). The molecule has 0 radical (unpaired) electrons. The molecule has 168 valence electrons. The van der Waals surface area contributed by atoms with Gasteiger partial charge in [0.2, 0.25) is 0 Å². The average Bonchev–Trinajstić information content (AvgIpc) is 3.20. The number of rotatable bonds is 3. The van der Waals surface area contributed by atoms with E-state index in [-0.39, 0.29) is 35.2 Å². The highest BCUT2D eigenvalue weighted by Gasteiger charge is 2.36. The third-order valence-corrected chi connectivity index (χ3v) is 5.53. The van der Waals surface area contributed by atoms with Gasteiger partial charge in [-0.05, 0) is 31.2 Å². The number of carbonyl (C=O) groups excluding carboxylic acids is 2. The molecule has 2 unspecified atom stereocenters. The van der Waals surface area contributed by atoms with Gasteiger partial charge >= 0.3 is 6.18 Å². The fraction of sp³-hybridized carbons (Fsp3) is 0.333. The highest BCUT2D eigenvalue weighted by molar-refractivity contribution is 6.13. The highest BCUT2D eigenvalue weighted by Crippen LogP contribution is 2.33. The van der Waals surface area contributed by atoms with Gasteiger partial charge in [0.05, 0.1) is 23.4 Å². The lowest BCUT2D eigenvalue weighted by molar-refractivity contribution is -0.137. The Bertz CT molecular complexity index is 1120. The SMILES string of the molecule is CC1C(NC(=O)c2cnn3c2C(=O)N(c2ccc(C(F)(F)F)cc2)C[C@@H]3C)=CN=CC1F. The number of hydrogen-bond acceptors (Lipinski definition) is 4. The van der Waals surface area contributed by atoms with E-state index in [0.717, 1.165) is 18.3 Å². The molecule has 2 amide bonds. The van der Waals surface area contributed by atoms with Crippen LogP contribution < -0.4 is 10.2 Å². The molecule has 11 heteroatoms. The van der Waals surface area contributed by atoms with E-state index in [2.05, 4.69) is 15.4 Å². The Kier molecular flexibility index (Phi) is 5.35. The minimum absolute atomic E-state index is 0.00510. The quantitative estimate of drug-likeness (QED) is 0.725. The van der Waals surface area contributed by atoms with Crippen molar-refractivity contribution in [3.05, 3.63) is 59.2 Å². The zero-order valence-electron chi connectivity index (χ0n) is 17.1. The van der Waals surface area contributed by atoms with Gasteiger partial charge in [0.15, 0.2) is 0 Å². The van der Waals surface area contributed by atoms with Crippen molar-refractivity contribution in [3.63, 3.8) is 0 Å². The Morgan fingerprint density at radius 1 is 1.19 bits per heavy atom. The van der Waals surface area contributed by atoms with E-state index in [1.807, 2.05) is 0 Å². The highest BCUT2D eigenvalue weighted by atomic mass is 19.4. The van der Waals surface area contributed by atoms with Crippen LogP contribution in [0.2, 0.25) is 0 Å². The zero-order chi connectivity index (χ0) is 23.2. The van der Waals surface area contributed by atoms with Gasteiger partial charge in [-0.15, -0.1) is 0 Å². The predicted molar refractivity (Wildman–Crippen MR) is 108 cm³/mol. The first kappa shape index (κ1) is 21.7. The third-order valence-electron chi connectivity index (χ3n) is 5.53. The van der Waals surface area contributed by atoms with Crippen molar-refractivity contribution < 1.29 is 27.2 Å². The molecule has 3 atom stereocenters. The lowest BCUT2D eigenvalue weighted by Crippen LogP contribution is -2.44. The van der Waals surface area contributed by atoms with Crippen LogP contribution in [0.15, 0.2) is 47.4 Å². The van der Waals surface area contributed by atoms with E-state index in [1.54, 1.807) is 13.8 Å². The minimum atomic E-state index is -4.49. The second-order valence-corrected chi connectivity index (χ2v) is 7.73. The number of nitrogens with one attached hydrogen (secondary N) is 1. The number of alkyl halides is 4. The van der Waals surface area contributed by atoms with Crippen LogP contribution in [0.1, 0.15) is 46.3 Å². The van der Waals surface area contributed by atoms with E-state index in [1.165, 1.54) is 34.1 Å². The van der Waals surface area contributed by atoms with Crippen LogP contribution in [0.5, 0.6) is 0 Å². The molecule has 2 aromatic rings. The molecule has 1 aromatic heterocycles. The van der Waals surface area contributed by atoms with Crippen molar-refractivity contribution in [2.24, 2.45) is 10.9 Å². The van der Waals surface area contributed by atoms with E-state index >= 15 is 0 Å². The lowest BCUT2D eigenvalue weighted by atomic mass is 10.0. The normalized spacial score (nSPS) is 23.1. The van der Waals surface area contributed by atoms with E-state index in [0.29, 0.717) is 0 Å². The summed E-state index contributed by atoms with van der Waals surface area (Å²) in [7, 11) is 0. The molecule has 0 spiro atoms. The number of carbonyl (C=O) groups is 2. The second-order valence-electron chi connectivity index (χ2n) is 7.73. The third kappa shape index (κ3) is 3.78. The maximum absolute atomic E-state index is 13.9. The molecule has 7 nitrogen and oxygen atoms in total. The molecular formula is C21H19F4N5O2. The number of aliphatic imine (C=N–C) groups is 1. The first-order chi connectivity index (χ1) is 15.1. The van der Waals surface area contributed by atoms with Crippen molar-refractivity contribution in [2.45, 2.75) is 32.2 Å². The monoisotopic (exact) mass is 449 g/mol. The maximum atomic E-state index is 13.9. The van der Waals surface area contributed by atoms with Crippen LogP contribution in [-0.2, 0) is 6.18 Å². The van der Waals surface area contributed by atoms with Gasteiger partial charge in [0.25, 0.3) is 11.8 Å². The van der Waals surface area contributed by atoms with Gasteiger partial charge in [-0.3, -0.25) is 19.3 Å². The summed E-state index contributed by atoms with van der Waals surface area (Å²) in [5, 5.41) is 6.73. The molecule has 1 N–H and O–H groups in total. The molecule has 0 aliphatic carbocycles. The summed E-state index contributed by atoms with van der Waals surface area (Å²) < 4.78 is 53.9. The van der Waals surface area contributed by atoms with Crippen molar-refractivity contribution in [3.8, 4) is 0 Å². The van der Waals surface area contributed by atoms with Crippen molar-refractivity contribution >= 4 is 23.7 Å². The first-order valence-electron chi connectivity index (χ1n) is 9.83. The maximum Gasteiger partial charge on any atom is 0.416 e. The number of anilines is 1. The Labute approximate surface area is 180 Å². The van der Waals surface area contributed by atoms with Crippen LogP contribution in [-0.4, -0.2) is 40.5 Å². The predicted octanol–water partition coefficient (Wildman–Crippen LogP) is 3.75. The van der Waals surface area contributed by atoms with Crippen molar-refractivity contribution in [1.82, 2.24) is 15.1 Å². The summed E-state index contributed by atoms with van der Waals surface area (Å²) in [4.78, 5) is 31.1. The van der Waals surface area contributed by atoms with Crippen LogP contribution in [0, 0.1) is 5.92 Å². The number of halogens is 4. The van der Waals surface area contributed by atoms with E-state index in [4.69, 9.17) is 0 Å². The zero-order valence-corrected chi connectivity index (χ0v) is 17.1. The summed E-state index contributed by atoms with van der Waals surface area (Å²) in [5.74, 6) is -1.85. The van der Waals surface area contributed by atoms with Crippen LogP contribution in [0.4, 0.5) is 23.2 Å². The molecular weight excluding hydrogens is 430 g/mol. The summed E-state index contributed by atoms with van der Waals surface area (Å²) in [6, 6.07) is 3.90. The number of aromatic nitrogens is 2. The molecule has 0 bridgehead atoms. The number of hydrogen-bond donors (Lipinski definition) is 1. The van der Waals surface area contributed by atoms with E-state index < -0.39 is 35.6 Å². The molecule has 2 aliphatic heterocycles. The molecule has 2 aliphatic rings. The standard InChI is InChI=1S/C21H19F4N5O2/c1-11-10-29(14-5-3-13(4-6-14)21(23,24)25)20(32)18-15(7-27-30(11)18)19(31)28-17-9-26-8-16(22)12(17)2/h3-9,11-12,16H,10H2,1-2H3,(H,28,31)/t11-,12?,16?/m0/s1. The molecule has 0 saturated heterocycles. The Balaban J connectivity index is 1.63. The average molecular weight is 449 g/mol. The Hall–Kier alpha value is -3.50. The summed E-state index contributed by atoms with van der Waals surface area (Å²) >= 11 is 0. The van der Waals surface area contributed by atoms with Gasteiger partial charge in [0, 0.05) is 36.3 Å². The van der Waals surface area contributed by atoms with Crippen LogP contribution in [0.3, 0.4) is 0 Å². The Morgan fingerprint density at radius 3 is 2.53 bits per heavy atom. The van der Waals surface area contributed by atoms with Gasteiger partial charge in [0.1, 0.15) is 11.9 Å². The fourth-order valence-electron chi connectivity index (χ4n) is 3.65. The number of fused-ring (bicyclic) bond motifs is 1.